The van der Waals surface area contributed by atoms with Gasteiger partial charge in [-0.05, 0) is 43.0 Å². The number of nitrogens with zero attached hydrogens (tertiary/aromatic N) is 1. The van der Waals surface area contributed by atoms with E-state index in [0.717, 1.165) is 23.1 Å². The molecule has 0 bridgehead atoms. The van der Waals surface area contributed by atoms with Gasteiger partial charge < -0.3 is 19.5 Å². The Bertz CT molecular complexity index is 1210. The number of β-lactam (4-membered cyclic amide) rings is 1. The van der Waals surface area contributed by atoms with Gasteiger partial charge in [-0.3, -0.25) is 19.3 Å². The molecule has 3 unspecified atom stereocenters. The number of ether oxygens (including phenoxy) is 3. The molecule has 2 aromatic carbocycles. The van der Waals surface area contributed by atoms with Crippen LogP contribution in [0.3, 0.4) is 0 Å². The third-order valence-electron chi connectivity index (χ3n) is 6.75. The number of hydrogen-bond donors (Lipinski definition) is 1. The Morgan fingerprint density at radius 3 is 2.44 bits per heavy atom. The number of carbonyl (C=O) groups excluding carboxylic acids is 4. The molecular formula is C28H31ClN2O7S. The lowest BCUT2D eigenvalue weighted by molar-refractivity contribution is -0.169. The summed E-state index contributed by atoms with van der Waals surface area (Å²) in [5.41, 5.74) is -1.75. The lowest BCUT2D eigenvalue weighted by atomic mass is 9.80. The van der Waals surface area contributed by atoms with E-state index >= 15 is 0 Å². The van der Waals surface area contributed by atoms with Crippen LogP contribution in [0.1, 0.15) is 37.8 Å². The molecule has 39 heavy (non-hydrogen) atoms. The highest BCUT2D eigenvalue weighted by atomic mass is 35.5. The van der Waals surface area contributed by atoms with Gasteiger partial charge in [0.15, 0.2) is 11.3 Å². The topological polar surface area (TPSA) is 111 Å². The van der Waals surface area contributed by atoms with Crippen molar-refractivity contribution in [3.63, 3.8) is 0 Å². The van der Waals surface area contributed by atoms with E-state index in [1.54, 1.807) is 61.7 Å². The maximum absolute atomic E-state index is 13.7. The van der Waals surface area contributed by atoms with E-state index in [4.69, 9.17) is 25.8 Å². The maximum Gasteiger partial charge on any atom is 0.345 e. The van der Waals surface area contributed by atoms with Gasteiger partial charge in [0, 0.05) is 6.92 Å². The Balaban J connectivity index is 1.55. The van der Waals surface area contributed by atoms with E-state index in [1.165, 1.54) is 6.92 Å². The van der Waals surface area contributed by atoms with E-state index in [1.807, 2.05) is 6.92 Å². The number of nitrogens with one attached hydrogen (secondary N) is 1. The van der Waals surface area contributed by atoms with Crippen LogP contribution in [0.2, 0.25) is 0 Å². The number of halogens is 1. The van der Waals surface area contributed by atoms with Crippen LogP contribution in [0.5, 0.6) is 5.75 Å². The van der Waals surface area contributed by atoms with E-state index in [9.17, 15) is 19.2 Å². The zero-order valence-electron chi connectivity index (χ0n) is 21.9. The van der Waals surface area contributed by atoms with Gasteiger partial charge in [0.05, 0.1) is 19.0 Å². The molecule has 2 aliphatic heterocycles. The minimum absolute atomic E-state index is 0.00112. The molecule has 2 saturated heterocycles. The molecule has 1 N–H and O–H groups in total. The number of amides is 2. The van der Waals surface area contributed by atoms with Crippen LogP contribution >= 0.6 is 23.4 Å². The van der Waals surface area contributed by atoms with Crippen molar-refractivity contribution in [1.82, 2.24) is 10.2 Å². The maximum atomic E-state index is 13.7. The van der Waals surface area contributed by atoms with Gasteiger partial charge in [-0.25, -0.2) is 4.79 Å². The van der Waals surface area contributed by atoms with Crippen LogP contribution in [0, 0.1) is 0 Å². The van der Waals surface area contributed by atoms with Crippen LogP contribution in [0.4, 0.5) is 0 Å². The molecule has 9 nitrogen and oxygen atoms in total. The molecule has 2 amide bonds. The molecule has 0 aromatic heterocycles. The van der Waals surface area contributed by atoms with Crippen molar-refractivity contribution in [2.45, 2.75) is 61.9 Å². The summed E-state index contributed by atoms with van der Waals surface area (Å²) in [7, 11) is 1.55. The fraction of sp³-hybridized carbons (Fsp3) is 0.429. The first kappa shape index (κ1) is 28.9. The Labute approximate surface area is 236 Å². The van der Waals surface area contributed by atoms with E-state index in [0.29, 0.717) is 23.3 Å². The van der Waals surface area contributed by atoms with Crippen molar-refractivity contribution in [2.75, 3.05) is 12.9 Å². The van der Waals surface area contributed by atoms with Gasteiger partial charge in [-0.1, -0.05) is 54.1 Å². The van der Waals surface area contributed by atoms with Crippen molar-refractivity contribution in [3.8, 4) is 5.75 Å². The molecule has 2 aliphatic rings. The van der Waals surface area contributed by atoms with Crippen molar-refractivity contribution < 1.29 is 33.4 Å². The number of Topliss-reactive ketones (excluding diaryl/α,β-unsaturated/α-hetero) is 1. The molecular weight excluding hydrogens is 544 g/mol. The van der Waals surface area contributed by atoms with Gasteiger partial charge in [-0.2, -0.15) is 0 Å². The zero-order valence-corrected chi connectivity index (χ0v) is 23.5. The largest absolute Gasteiger partial charge is 0.497 e. The molecule has 208 valence electrons. The molecule has 0 radical (unpaired) electrons. The van der Waals surface area contributed by atoms with Crippen molar-refractivity contribution in [2.24, 2.45) is 0 Å². The normalized spacial score (nSPS) is 25.0. The molecule has 0 spiro atoms. The summed E-state index contributed by atoms with van der Waals surface area (Å²) in [6.45, 7) is 3.17. The SMILES string of the molecule is COc1ccc(COC(=O)C(Cl)N2C(=O)[C@](NC(C)=O)(c3ccccc3)[C@H]2SCC(=O)C2CCC(C)O2)cc1. The minimum Gasteiger partial charge on any atom is -0.497 e. The highest BCUT2D eigenvalue weighted by Gasteiger charge is 2.65. The molecule has 2 aromatic rings. The quantitative estimate of drug-likeness (QED) is 0.188. The average molecular weight is 575 g/mol. The number of benzene rings is 2. The number of alkyl halides is 1. The fourth-order valence-corrected chi connectivity index (χ4v) is 6.53. The summed E-state index contributed by atoms with van der Waals surface area (Å²) in [6.07, 6.45) is 0.893. The highest BCUT2D eigenvalue weighted by molar-refractivity contribution is 8.00. The van der Waals surface area contributed by atoms with Crippen molar-refractivity contribution in [1.29, 1.82) is 0 Å². The molecule has 0 aliphatic carbocycles. The Hall–Kier alpha value is -3.08. The Kier molecular flexibility index (Phi) is 9.19. The summed E-state index contributed by atoms with van der Waals surface area (Å²) in [5.74, 6) is -1.29. The zero-order chi connectivity index (χ0) is 28.2. The molecule has 0 saturated carbocycles. The summed E-state index contributed by atoms with van der Waals surface area (Å²) in [5, 5.41) is 1.93. The molecule has 2 fully saturated rings. The number of methoxy groups -OCH3 is 1. The predicted octanol–water partition coefficient (Wildman–Crippen LogP) is 3.37. The molecule has 5 atom stereocenters. The first-order chi connectivity index (χ1) is 18.7. The van der Waals surface area contributed by atoms with Gasteiger partial charge in [-0.15, -0.1) is 11.8 Å². The number of carbonyl (C=O) groups is 4. The fourth-order valence-electron chi connectivity index (χ4n) is 4.77. The van der Waals surface area contributed by atoms with Crippen LogP contribution < -0.4 is 10.1 Å². The van der Waals surface area contributed by atoms with Crippen molar-refractivity contribution in [3.05, 3.63) is 65.7 Å². The molecule has 11 heteroatoms. The number of ketones is 1. The standard InChI is InChI=1S/C28H31ClN2O7S/c1-17-9-14-23(38-17)22(33)16-39-27-28(30-18(2)32,20-7-5-4-6-8-20)26(35)31(27)24(29)25(34)37-15-19-10-12-21(36-3)13-11-19/h4-8,10-13,17,23-24,27H,9,14-16H2,1-3H3,(H,30,32)/t17?,23?,24?,27-,28-/m1/s1. The third-order valence-corrected chi connectivity index (χ3v) is 8.49. The number of hydrogen-bond acceptors (Lipinski definition) is 8. The molecule has 4 rings (SSSR count). The predicted molar refractivity (Wildman–Crippen MR) is 146 cm³/mol. The van der Waals surface area contributed by atoms with Gasteiger partial charge in [0.25, 0.3) is 5.91 Å². The van der Waals surface area contributed by atoms with Gasteiger partial charge in [0.1, 0.15) is 23.8 Å². The Morgan fingerprint density at radius 2 is 1.85 bits per heavy atom. The lowest BCUT2D eigenvalue weighted by Gasteiger charge is -2.56. The van der Waals surface area contributed by atoms with Gasteiger partial charge >= 0.3 is 5.97 Å². The van der Waals surface area contributed by atoms with Crippen LogP contribution in [0.15, 0.2) is 54.6 Å². The minimum atomic E-state index is -1.51. The first-order valence-corrected chi connectivity index (χ1v) is 14.1. The van der Waals surface area contributed by atoms with E-state index in [2.05, 4.69) is 5.32 Å². The van der Waals surface area contributed by atoms with E-state index in [-0.39, 0.29) is 24.2 Å². The lowest BCUT2D eigenvalue weighted by Crippen LogP contribution is -2.78. The monoisotopic (exact) mass is 574 g/mol. The van der Waals surface area contributed by atoms with E-state index < -0.39 is 40.3 Å². The molecule has 2 heterocycles. The van der Waals surface area contributed by atoms with Crippen LogP contribution in [-0.4, -0.2) is 64.4 Å². The number of thioether (sulfide) groups is 1. The van der Waals surface area contributed by atoms with Gasteiger partial charge in [0.2, 0.25) is 11.4 Å². The summed E-state index contributed by atoms with van der Waals surface area (Å²) in [4.78, 5) is 53.1. The first-order valence-electron chi connectivity index (χ1n) is 12.6. The second kappa shape index (κ2) is 12.4. The smallest absolute Gasteiger partial charge is 0.345 e. The van der Waals surface area contributed by atoms with Crippen LogP contribution in [0.25, 0.3) is 0 Å². The highest BCUT2D eigenvalue weighted by Crippen LogP contribution is 2.48. The second-order valence-corrected chi connectivity index (χ2v) is 11.0. The number of rotatable bonds is 11. The number of esters is 1. The average Bonchev–Trinajstić information content (AvgIpc) is 3.38. The summed E-state index contributed by atoms with van der Waals surface area (Å²) in [6, 6.07) is 15.7. The third kappa shape index (κ3) is 6.08. The summed E-state index contributed by atoms with van der Waals surface area (Å²) < 4.78 is 16.2. The summed E-state index contributed by atoms with van der Waals surface area (Å²) >= 11 is 7.66. The van der Waals surface area contributed by atoms with Crippen molar-refractivity contribution >= 4 is 46.9 Å². The van der Waals surface area contributed by atoms with Crippen LogP contribution in [-0.2, 0) is 40.8 Å². The Morgan fingerprint density at radius 1 is 1.15 bits per heavy atom. The second-order valence-electron chi connectivity index (χ2n) is 9.50. The number of likely N-dealkylation sites (tertiary alicyclic amines) is 1.